The summed E-state index contributed by atoms with van der Waals surface area (Å²) in [6.45, 7) is 0.135. The topological polar surface area (TPSA) is 29.5 Å². The van der Waals surface area contributed by atoms with Gasteiger partial charge in [0.05, 0.1) is 0 Å². The van der Waals surface area contributed by atoms with Crippen LogP contribution in [0.4, 0.5) is 0 Å². The highest BCUT2D eigenvalue weighted by molar-refractivity contribution is 6.60. The third-order valence-electron chi connectivity index (χ3n) is 1.34. The Hall–Kier alpha value is -0.730. The van der Waals surface area contributed by atoms with Gasteiger partial charge in [-0.25, -0.2) is 0 Å². The second-order valence-electron chi connectivity index (χ2n) is 2.10. The van der Waals surface area contributed by atoms with Crippen LogP contribution in [0.3, 0.4) is 0 Å². The molecular weight excluding hydrogens is 138 g/mol. The predicted octanol–water partition coefficient (Wildman–Crippen LogP) is -0.751. The lowest BCUT2D eigenvalue weighted by Gasteiger charge is -2.04. The van der Waals surface area contributed by atoms with Crippen LogP contribution >= 0.6 is 0 Å². The average molecular weight is 149 g/mol. The minimum absolute atomic E-state index is 0.135. The van der Waals surface area contributed by atoms with Crippen LogP contribution < -0.4 is 5.46 Å². The summed E-state index contributed by atoms with van der Waals surface area (Å²) in [5.74, 6) is 0. The molecule has 0 aliphatic rings. The predicted molar refractivity (Wildman–Crippen MR) is 47.1 cm³/mol. The minimum atomic E-state index is -0.923. The Bertz CT molecular complexity index is 220. The number of hydrogen-bond acceptors (Lipinski definition) is 2. The molecular formula is C7H9B2O2. The molecule has 0 saturated carbocycles. The van der Waals surface area contributed by atoms with Crippen molar-refractivity contribution < 1.29 is 9.68 Å². The van der Waals surface area contributed by atoms with Crippen molar-refractivity contribution in [2.45, 2.75) is 0 Å². The fourth-order valence-electron chi connectivity index (χ4n) is 0.805. The molecule has 0 saturated heterocycles. The summed E-state index contributed by atoms with van der Waals surface area (Å²) in [5.41, 5.74) is 0.708. The van der Waals surface area contributed by atoms with Crippen molar-refractivity contribution in [3.8, 4) is 0 Å². The molecule has 1 N–H and O–H groups in total. The molecule has 0 amide bonds. The van der Waals surface area contributed by atoms with E-state index in [2.05, 4.69) is 0 Å². The molecule has 0 bridgehead atoms. The molecule has 0 heterocycles. The van der Waals surface area contributed by atoms with E-state index in [4.69, 9.17) is 5.99 Å². The van der Waals surface area contributed by atoms with Crippen LogP contribution in [0.5, 0.6) is 0 Å². The van der Waals surface area contributed by atoms with Crippen LogP contribution in [-0.4, -0.2) is 27.8 Å². The summed E-state index contributed by atoms with van der Waals surface area (Å²) < 4.78 is 11.6. The van der Waals surface area contributed by atoms with E-state index in [-0.39, 0.29) is 6.51 Å². The van der Waals surface area contributed by atoms with E-state index in [1.54, 1.807) is 12.1 Å². The van der Waals surface area contributed by atoms with Crippen molar-refractivity contribution in [3.63, 3.8) is 0 Å². The summed E-state index contributed by atoms with van der Waals surface area (Å²) in [6.07, 6.45) is 0. The summed E-state index contributed by atoms with van der Waals surface area (Å²) in [6, 6.07) is 9.06. The second-order valence-corrected chi connectivity index (χ2v) is 2.10. The van der Waals surface area contributed by atoms with Gasteiger partial charge < -0.3 is 9.68 Å². The first kappa shape index (κ1) is 6.95. The zero-order valence-corrected chi connectivity index (χ0v) is 6.10. The van der Waals surface area contributed by atoms with Crippen LogP contribution in [0.2, 0.25) is 0 Å². The van der Waals surface area contributed by atoms with Crippen molar-refractivity contribution in [3.05, 3.63) is 30.3 Å². The van der Waals surface area contributed by atoms with Gasteiger partial charge in [0.1, 0.15) is 7.81 Å². The standard InChI is InChI=1S/C7H9B2O2/c8-6-11-9(10)7-4-2-1-3-5-7/h1-5,8,10H,6H2/i8T. The lowest BCUT2D eigenvalue weighted by atomic mass is 9.79. The normalized spacial score (nSPS) is 10.5. The molecule has 0 aliphatic heterocycles. The van der Waals surface area contributed by atoms with Crippen LogP contribution in [0, 0.1) is 0 Å². The molecule has 0 aliphatic carbocycles. The highest BCUT2D eigenvalue weighted by Gasteiger charge is 2.13. The van der Waals surface area contributed by atoms with E-state index >= 15 is 0 Å². The van der Waals surface area contributed by atoms with Gasteiger partial charge in [-0.2, -0.15) is 0 Å². The van der Waals surface area contributed by atoms with Crippen molar-refractivity contribution in [1.29, 1.82) is 1.34 Å². The molecule has 1 aromatic rings. The maximum Gasteiger partial charge on any atom is 0.490 e. The van der Waals surface area contributed by atoms with Gasteiger partial charge in [-0.05, 0) is 13.3 Å². The maximum absolute atomic E-state index is 9.33. The first-order valence-electron chi connectivity index (χ1n) is 3.97. The quantitative estimate of drug-likeness (QED) is 0.570. The second kappa shape index (κ2) is 4.21. The van der Waals surface area contributed by atoms with Gasteiger partial charge in [0, 0.05) is 0 Å². The zero-order valence-electron chi connectivity index (χ0n) is 7.10. The van der Waals surface area contributed by atoms with E-state index in [1.807, 2.05) is 18.2 Å². The summed E-state index contributed by atoms with van der Waals surface area (Å²) in [7, 11) is 0.180. The van der Waals surface area contributed by atoms with Gasteiger partial charge in [0.15, 0.2) is 0 Å². The lowest BCUT2D eigenvalue weighted by molar-refractivity contribution is 0.322. The molecule has 1 radical (unpaired) electrons. The van der Waals surface area contributed by atoms with Crippen LogP contribution in [0.15, 0.2) is 30.3 Å². The highest BCUT2D eigenvalue weighted by atomic mass is 16.5. The Kier molecular flexibility index (Phi) is 2.66. The first-order valence-corrected chi connectivity index (χ1v) is 3.39. The smallest absolute Gasteiger partial charge is 0.423 e. The molecule has 4 heteroatoms. The van der Waals surface area contributed by atoms with Gasteiger partial charge in [-0.3, -0.25) is 0 Å². The fourth-order valence-corrected chi connectivity index (χ4v) is 0.805. The monoisotopic (exact) mass is 149 g/mol. The maximum atomic E-state index is 9.33. The largest absolute Gasteiger partial charge is 0.490 e. The molecule has 1 rings (SSSR count). The number of benzene rings is 1. The van der Waals surface area contributed by atoms with E-state index in [0.29, 0.717) is 5.46 Å². The van der Waals surface area contributed by atoms with Gasteiger partial charge >= 0.3 is 7.12 Å². The molecule has 11 heavy (non-hydrogen) atoms. The van der Waals surface area contributed by atoms with Gasteiger partial charge in [-0.15, -0.1) is 0 Å². The highest BCUT2D eigenvalue weighted by Crippen LogP contribution is 1.86. The summed E-state index contributed by atoms with van der Waals surface area (Å²) >= 11 is 0. The average Bonchev–Trinajstić information content (AvgIpc) is 2.15. The molecule has 1 aromatic carbocycles. The van der Waals surface area contributed by atoms with Crippen molar-refractivity contribution in [1.82, 2.24) is 0 Å². The van der Waals surface area contributed by atoms with Gasteiger partial charge in [0.2, 0.25) is 0 Å². The van der Waals surface area contributed by atoms with Crippen LogP contribution in [0.25, 0.3) is 0 Å². The number of rotatable bonds is 4. The van der Waals surface area contributed by atoms with E-state index < -0.39 is 7.12 Å². The molecule has 0 aromatic heterocycles. The summed E-state index contributed by atoms with van der Waals surface area (Å²) in [5, 5.41) is 9.33. The molecule has 0 atom stereocenters. The third-order valence-corrected chi connectivity index (χ3v) is 1.34. The van der Waals surface area contributed by atoms with Crippen molar-refractivity contribution in [2.75, 3.05) is 6.51 Å². The summed E-state index contributed by atoms with van der Waals surface area (Å²) in [4.78, 5) is 0. The van der Waals surface area contributed by atoms with E-state index in [0.717, 1.165) is 7.81 Å². The van der Waals surface area contributed by atoms with Crippen LogP contribution in [-0.2, 0) is 4.65 Å². The van der Waals surface area contributed by atoms with Gasteiger partial charge in [-0.1, -0.05) is 30.3 Å². The Morgan fingerprint density at radius 2 is 2.27 bits per heavy atom. The Labute approximate surface area is 69.1 Å². The van der Waals surface area contributed by atoms with E-state index in [1.165, 1.54) is 0 Å². The Morgan fingerprint density at radius 3 is 2.91 bits per heavy atom. The minimum Gasteiger partial charge on any atom is -0.423 e. The molecule has 0 spiro atoms. The molecule has 0 unspecified atom stereocenters. The lowest BCUT2D eigenvalue weighted by Crippen LogP contribution is -2.33. The Morgan fingerprint density at radius 1 is 1.55 bits per heavy atom. The van der Waals surface area contributed by atoms with Crippen molar-refractivity contribution >= 4 is 20.4 Å². The number of hydrogen-bond donors (Lipinski definition) is 1. The first-order chi connectivity index (χ1) is 5.84. The van der Waals surface area contributed by atoms with Crippen LogP contribution in [0.1, 0.15) is 0 Å². The third kappa shape index (κ3) is 2.41. The van der Waals surface area contributed by atoms with Crippen molar-refractivity contribution in [2.24, 2.45) is 0 Å². The molecule has 0 fully saturated rings. The Balaban J connectivity index is 2.48. The molecule has 55 valence electrons. The van der Waals surface area contributed by atoms with Gasteiger partial charge in [0.25, 0.3) is 0 Å². The van der Waals surface area contributed by atoms with E-state index in [9.17, 15) is 5.02 Å². The SMILES string of the molecule is [3H][B]COB(O)c1ccccc1. The fraction of sp³-hybridized carbons (Fsp3) is 0.143. The molecule has 2 nitrogen and oxygen atoms in total. The zero-order chi connectivity index (χ0) is 8.81.